The number of likely N-dealkylation sites (tertiary alicyclic amines) is 1. The van der Waals surface area contributed by atoms with Crippen molar-refractivity contribution in [1.82, 2.24) is 10.2 Å². The Morgan fingerprint density at radius 1 is 0.900 bits per heavy atom. The Morgan fingerprint density at radius 3 is 2.12 bits per heavy atom. The highest BCUT2D eigenvalue weighted by molar-refractivity contribution is 6.10. The third kappa shape index (κ3) is 4.42. The number of imide groups is 1. The maximum atomic E-state index is 13.8. The summed E-state index contributed by atoms with van der Waals surface area (Å²) < 4.78 is 45.3. The molecular weight excluding hydrogens is 525 g/mol. The minimum absolute atomic E-state index is 0.0422. The maximum Gasteiger partial charge on any atom is 0.416 e. The molecule has 4 atom stereocenters. The van der Waals surface area contributed by atoms with E-state index >= 15 is 0 Å². The molecule has 2 heterocycles. The summed E-state index contributed by atoms with van der Waals surface area (Å²) in [5.74, 6) is -4.52. The molecule has 2 aliphatic rings. The van der Waals surface area contributed by atoms with E-state index in [2.05, 4.69) is 5.32 Å². The number of carboxylic acids is 1. The lowest BCUT2D eigenvalue weighted by Gasteiger charge is -2.35. The second-order valence-electron chi connectivity index (χ2n) is 11.0. The molecule has 2 aliphatic heterocycles. The molecular formula is C30H27F3N2O5. The van der Waals surface area contributed by atoms with Gasteiger partial charge in [-0.15, -0.1) is 0 Å². The van der Waals surface area contributed by atoms with Crippen LogP contribution in [0.4, 0.5) is 13.2 Å². The second kappa shape index (κ2) is 9.48. The van der Waals surface area contributed by atoms with Crippen LogP contribution >= 0.6 is 0 Å². The van der Waals surface area contributed by atoms with Crippen LogP contribution in [0.1, 0.15) is 43.5 Å². The van der Waals surface area contributed by atoms with Crippen molar-refractivity contribution < 1.29 is 37.4 Å². The van der Waals surface area contributed by atoms with Gasteiger partial charge in [0, 0.05) is 11.6 Å². The summed E-state index contributed by atoms with van der Waals surface area (Å²) in [6.07, 6.45) is -4.55. The van der Waals surface area contributed by atoms with Crippen LogP contribution in [0.3, 0.4) is 0 Å². The summed E-state index contributed by atoms with van der Waals surface area (Å²) >= 11 is 0. The zero-order valence-corrected chi connectivity index (χ0v) is 21.9. The van der Waals surface area contributed by atoms with Crippen LogP contribution in [-0.2, 0) is 26.1 Å². The van der Waals surface area contributed by atoms with Gasteiger partial charge in [0.05, 0.1) is 17.4 Å². The van der Waals surface area contributed by atoms with Gasteiger partial charge in [0.25, 0.3) is 0 Å². The Hall–Kier alpha value is -4.18. The average Bonchev–Trinajstić information content (AvgIpc) is 3.38. The molecule has 0 spiro atoms. The van der Waals surface area contributed by atoms with Gasteiger partial charge in [-0.1, -0.05) is 48.5 Å². The number of halogens is 3. The van der Waals surface area contributed by atoms with Crippen LogP contribution in [0.5, 0.6) is 11.5 Å². The van der Waals surface area contributed by atoms with Gasteiger partial charge in [-0.2, -0.15) is 13.2 Å². The first-order valence-electron chi connectivity index (χ1n) is 12.6. The quantitative estimate of drug-likeness (QED) is 0.405. The van der Waals surface area contributed by atoms with E-state index in [1.807, 2.05) is 0 Å². The molecule has 5 rings (SSSR count). The Bertz CT molecular complexity index is 1480. The van der Waals surface area contributed by atoms with E-state index in [4.69, 9.17) is 4.74 Å². The number of carboxylic acid groups (broad SMARTS) is 1. The smallest absolute Gasteiger partial charge is 0.416 e. The lowest BCUT2D eigenvalue weighted by Crippen LogP contribution is -2.55. The Balaban J connectivity index is 1.59. The lowest BCUT2D eigenvalue weighted by atomic mass is 9.75. The summed E-state index contributed by atoms with van der Waals surface area (Å²) in [5.41, 5.74) is -2.88. The predicted molar refractivity (Wildman–Crippen MR) is 138 cm³/mol. The molecule has 2 amide bonds. The molecule has 40 heavy (non-hydrogen) atoms. The van der Waals surface area contributed by atoms with Crippen molar-refractivity contribution in [3.05, 3.63) is 95.6 Å². The monoisotopic (exact) mass is 552 g/mol. The Kier molecular flexibility index (Phi) is 6.49. The number of ether oxygens (including phenoxy) is 1. The molecule has 2 N–H and O–H groups in total. The molecule has 2 saturated heterocycles. The van der Waals surface area contributed by atoms with Crippen LogP contribution in [-0.4, -0.2) is 33.3 Å². The number of alkyl halides is 3. The summed E-state index contributed by atoms with van der Waals surface area (Å²) in [6, 6.07) is 18.1. The number of aliphatic carboxylic acids is 1. The van der Waals surface area contributed by atoms with Crippen molar-refractivity contribution >= 4 is 17.8 Å². The Morgan fingerprint density at radius 2 is 1.52 bits per heavy atom. The van der Waals surface area contributed by atoms with Crippen LogP contribution in [0, 0.1) is 11.8 Å². The summed E-state index contributed by atoms with van der Waals surface area (Å²) in [7, 11) is 0. The van der Waals surface area contributed by atoms with E-state index < -0.39 is 58.5 Å². The number of amides is 2. The second-order valence-corrected chi connectivity index (χ2v) is 11.0. The first-order valence-corrected chi connectivity index (χ1v) is 12.6. The van der Waals surface area contributed by atoms with E-state index in [0.717, 1.165) is 17.0 Å². The normalized spacial score (nSPS) is 24.8. The average molecular weight is 553 g/mol. The number of nitrogens with zero attached hydrogens (tertiary/aromatic N) is 1. The van der Waals surface area contributed by atoms with E-state index in [1.165, 1.54) is 18.2 Å². The minimum atomic E-state index is -4.55. The molecule has 3 aromatic rings. The number of hydrogen-bond donors (Lipinski definition) is 2. The zero-order chi connectivity index (χ0) is 29.0. The fourth-order valence-electron chi connectivity index (χ4n) is 5.78. The van der Waals surface area contributed by atoms with Gasteiger partial charge in [-0.05, 0) is 62.2 Å². The molecule has 0 radical (unpaired) electrons. The van der Waals surface area contributed by atoms with Gasteiger partial charge in [0.2, 0.25) is 11.8 Å². The van der Waals surface area contributed by atoms with E-state index in [0.29, 0.717) is 11.1 Å². The number of carbonyl (C=O) groups is 3. The zero-order valence-electron chi connectivity index (χ0n) is 21.9. The van der Waals surface area contributed by atoms with Gasteiger partial charge >= 0.3 is 12.1 Å². The maximum absolute atomic E-state index is 13.8. The fourth-order valence-corrected chi connectivity index (χ4v) is 5.78. The van der Waals surface area contributed by atoms with Crippen LogP contribution in [0.25, 0.3) is 0 Å². The molecule has 4 unspecified atom stereocenters. The molecule has 10 heteroatoms. The van der Waals surface area contributed by atoms with Crippen LogP contribution < -0.4 is 10.1 Å². The minimum Gasteiger partial charge on any atom is -0.480 e. The van der Waals surface area contributed by atoms with Crippen molar-refractivity contribution in [3.8, 4) is 11.5 Å². The number of rotatable bonds is 5. The van der Waals surface area contributed by atoms with E-state index in [-0.39, 0.29) is 11.5 Å². The molecule has 0 saturated carbocycles. The van der Waals surface area contributed by atoms with Gasteiger partial charge < -0.3 is 9.84 Å². The molecule has 0 aliphatic carbocycles. The van der Waals surface area contributed by atoms with Crippen molar-refractivity contribution in [2.45, 2.75) is 44.1 Å². The number of hydrogen-bond acceptors (Lipinski definition) is 5. The SMILES string of the molecule is CC(C)(C)N1C(=O)C2C(c3cccc(Oc4cccc(C(F)(F)F)c4)c3)NC(C(=O)O)(c3ccccc3)C2C1=O. The van der Waals surface area contributed by atoms with Gasteiger partial charge in [-0.25, -0.2) is 4.79 Å². The number of carbonyl (C=O) groups excluding carboxylic acids is 2. The highest BCUT2D eigenvalue weighted by Crippen LogP contribution is 2.54. The standard InChI is InChI=1S/C30H27F3N2O5/c1-28(2,3)35-25(36)22-23(26(35)37)29(27(38)39,18-10-5-4-6-11-18)34-24(22)17-9-7-13-20(15-17)40-21-14-8-12-19(16-21)30(31,32)33/h4-16,22-24,34H,1-3H3,(H,38,39). The van der Waals surface area contributed by atoms with Crippen molar-refractivity contribution in [1.29, 1.82) is 0 Å². The van der Waals surface area contributed by atoms with Gasteiger partial charge in [0.1, 0.15) is 11.5 Å². The third-order valence-electron chi connectivity index (χ3n) is 7.41. The first-order chi connectivity index (χ1) is 18.7. The predicted octanol–water partition coefficient (Wildman–Crippen LogP) is 5.52. The molecule has 2 fully saturated rings. The highest BCUT2D eigenvalue weighted by Gasteiger charge is 2.70. The summed E-state index contributed by atoms with van der Waals surface area (Å²) in [5, 5.41) is 13.7. The highest BCUT2D eigenvalue weighted by atomic mass is 19.4. The first kappa shape index (κ1) is 27.4. The largest absolute Gasteiger partial charge is 0.480 e. The third-order valence-corrected chi connectivity index (χ3v) is 7.41. The van der Waals surface area contributed by atoms with Crippen LogP contribution in [0.15, 0.2) is 78.9 Å². The van der Waals surface area contributed by atoms with Gasteiger partial charge in [-0.3, -0.25) is 19.8 Å². The summed E-state index contributed by atoms with van der Waals surface area (Å²) in [6.45, 7) is 5.13. The van der Waals surface area contributed by atoms with Crippen LogP contribution in [0.2, 0.25) is 0 Å². The van der Waals surface area contributed by atoms with Gasteiger partial charge in [0.15, 0.2) is 5.54 Å². The summed E-state index contributed by atoms with van der Waals surface area (Å²) in [4.78, 5) is 41.8. The van der Waals surface area contributed by atoms with E-state index in [9.17, 15) is 32.7 Å². The molecule has 0 bridgehead atoms. The van der Waals surface area contributed by atoms with Crippen molar-refractivity contribution in [3.63, 3.8) is 0 Å². The fraction of sp³-hybridized carbons (Fsp3) is 0.300. The topological polar surface area (TPSA) is 95.9 Å². The molecule has 7 nitrogen and oxygen atoms in total. The molecule has 3 aromatic carbocycles. The van der Waals surface area contributed by atoms with Crippen molar-refractivity contribution in [2.24, 2.45) is 11.8 Å². The molecule has 208 valence electrons. The number of fused-ring (bicyclic) bond motifs is 1. The molecule has 0 aromatic heterocycles. The van der Waals surface area contributed by atoms with Crippen molar-refractivity contribution in [2.75, 3.05) is 0 Å². The van der Waals surface area contributed by atoms with E-state index in [1.54, 1.807) is 69.3 Å². The Labute approximate surface area is 228 Å². The number of benzene rings is 3. The number of nitrogens with one attached hydrogen (secondary N) is 1. The lowest BCUT2D eigenvalue weighted by molar-refractivity contribution is -0.154.